The molecule has 0 radical (unpaired) electrons. The lowest BCUT2D eigenvalue weighted by Crippen LogP contribution is -2.00. The first kappa shape index (κ1) is 27.4. The lowest BCUT2D eigenvalue weighted by atomic mass is 9.90. The number of rotatable bonds is 4. The molecule has 222 valence electrons. The van der Waals surface area contributed by atoms with E-state index in [4.69, 9.17) is 6.57 Å². The summed E-state index contributed by atoms with van der Waals surface area (Å²) in [5, 5.41) is 15.5. The van der Waals surface area contributed by atoms with Crippen LogP contribution in [0.1, 0.15) is 5.56 Å². The highest BCUT2D eigenvalue weighted by molar-refractivity contribution is 6.10. The van der Waals surface area contributed by atoms with Crippen LogP contribution in [0.3, 0.4) is 0 Å². The Hall–Kier alpha value is -6.88. The Bertz CT molecular complexity index is 2700. The van der Waals surface area contributed by atoms with Crippen LogP contribution in [0.15, 0.2) is 158 Å². The van der Waals surface area contributed by atoms with Gasteiger partial charge in [-0.25, -0.2) is 4.85 Å². The van der Waals surface area contributed by atoms with Crippen molar-refractivity contribution < 1.29 is 0 Å². The van der Waals surface area contributed by atoms with E-state index in [9.17, 15) is 5.26 Å². The number of hydrogen-bond acceptors (Lipinski definition) is 1. The number of aromatic nitrogens is 2. The number of nitrogens with zero attached hydrogens (tertiary/aromatic N) is 4. The van der Waals surface area contributed by atoms with Crippen LogP contribution < -0.4 is 0 Å². The molecule has 0 spiro atoms. The Labute approximate surface area is 277 Å². The Morgan fingerprint density at radius 1 is 0.458 bits per heavy atom. The van der Waals surface area contributed by atoms with E-state index in [1.165, 1.54) is 10.8 Å². The largest absolute Gasteiger partial charge is 0.309 e. The van der Waals surface area contributed by atoms with Gasteiger partial charge in [0.2, 0.25) is 0 Å². The molecule has 2 aromatic heterocycles. The summed E-state index contributed by atoms with van der Waals surface area (Å²) < 4.78 is 4.53. The lowest BCUT2D eigenvalue weighted by molar-refractivity contribution is 1.17. The second-order valence-corrected chi connectivity index (χ2v) is 11.9. The number of hydrogen-bond donors (Lipinski definition) is 0. The Morgan fingerprint density at radius 3 is 1.40 bits per heavy atom. The van der Waals surface area contributed by atoms with E-state index in [0.717, 1.165) is 66.5 Å². The molecule has 0 atom stereocenters. The van der Waals surface area contributed by atoms with Crippen molar-refractivity contribution in [3.05, 3.63) is 175 Å². The number of para-hydroxylation sites is 4. The molecule has 0 unspecified atom stereocenters. The van der Waals surface area contributed by atoms with Crippen molar-refractivity contribution in [1.82, 2.24) is 9.13 Å². The average molecular weight is 611 g/mol. The molecule has 4 heteroatoms. The van der Waals surface area contributed by atoms with Gasteiger partial charge in [0.15, 0.2) is 5.69 Å². The van der Waals surface area contributed by atoms with Crippen LogP contribution in [0.2, 0.25) is 0 Å². The molecular formula is C44H26N4. The maximum atomic E-state index is 10.8. The van der Waals surface area contributed by atoms with Crippen LogP contribution in [0.25, 0.3) is 82.1 Å². The van der Waals surface area contributed by atoms with Crippen molar-refractivity contribution in [3.8, 4) is 39.7 Å². The Balaban J connectivity index is 1.38. The first-order valence-corrected chi connectivity index (χ1v) is 15.9. The predicted octanol–water partition coefficient (Wildman–Crippen LogP) is 11.6. The van der Waals surface area contributed by atoms with Crippen molar-refractivity contribution in [2.24, 2.45) is 0 Å². The van der Waals surface area contributed by atoms with Gasteiger partial charge in [0, 0.05) is 38.5 Å². The summed E-state index contributed by atoms with van der Waals surface area (Å²) in [6.07, 6.45) is 0. The fraction of sp³-hybridized carbons (Fsp3) is 0. The predicted molar refractivity (Wildman–Crippen MR) is 197 cm³/mol. The van der Waals surface area contributed by atoms with Gasteiger partial charge in [0.25, 0.3) is 0 Å². The van der Waals surface area contributed by atoms with Gasteiger partial charge in [-0.15, -0.1) is 0 Å². The second kappa shape index (κ2) is 10.9. The fourth-order valence-electron chi connectivity index (χ4n) is 7.31. The summed E-state index contributed by atoms with van der Waals surface area (Å²) in [5.74, 6) is 0. The molecule has 0 aliphatic rings. The van der Waals surface area contributed by atoms with Crippen LogP contribution in [0, 0.1) is 17.9 Å². The molecular weight excluding hydrogens is 585 g/mol. The molecule has 0 aliphatic heterocycles. The fourth-order valence-corrected chi connectivity index (χ4v) is 7.31. The maximum absolute atomic E-state index is 10.8. The van der Waals surface area contributed by atoms with E-state index >= 15 is 0 Å². The van der Waals surface area contributed by atoms with Crippen molar-refractivity contribution in [1.29, 1.82) is 5.26 Å². The summed E-state index contributed by atoms with van der Waals surface area (Å²) >= 11 is 0. The third-order valence-corrected chi connectivity index (χ3v) is 9.39. The van der Waals surface area contributed by atoms with Gasteiger partial charge in [-0.05, 0) is 65.2 Å². The zero-order valence-electron chi connectivity index (χ0n) is 25.8. The van der Waals surface area contributed by atoms with Gasteiger partial charge >= 0.3 is 0 Å². The van der Waals surface area contributed by atoms with Crippen LogP contribution >= 0.6 is 0 Å². The molecule has 0 saturated carbocycles. The van der Waals surface area contributed by atoms with Crippen LogP contribution in [0.5, 0.6) is 0 Å². The molecule has 0 bridgehead atoms. The Kier molecular flexibility index (Phi) is 6.22. The van der Waals surface area contributed by atoms with E-state index in [-0.39, 0.29) is 0 Å². The molecule has 0 amide bonds. The van der Waals surface area contributed by atoms with Crippen LogP contribution in [-0.2, 0) is 0 Å². The summed E-state index contributed by atoms with van der Waals surface area (Å²) in [7, 11) is 0. The van der Waals surface area contributed by atoms with E-state index in [0.29, 0.717) is 11.3 Å². The average Bonchev–Trinajstić information content (AvgIpc) is 3.67. The monoisotopic (exact) mass is 610 g/mol. The molecule has 0 saturated heterocycles. The third-order valence-electron chi connectivity index (χ3n) is 9.39. The van der Waals surface area contributed by atoms with Gasteiger partial charge in [0.05, 0.1) is 34.2 Å². The molecule has 48 heavy (non-hydrogen) atoms. The number of nitriles is 1. The summed E-state index contributed by atoms with van der Waals surface area (Å²) in [6.45, 7) is 8.23. The van der Waals surface area contributed by atoms with E-state index in [1.54, 1.807) is 0 Å². The first-order chi connectivity index (χ1) is 23.7. The molecule has 7 aromatic carbocycles. The molecule has 4 nitrogen and oxygen atoms in total. The highest BCUT2D eigenvalue weighted by Gasteiger charge is 2.21. The molecule has 0 aliphatic carbocycles. The van der Waals surface area contributed by atoms with E-state index in [2.05, 4.69) is 135 Å². The van der Waals surface area contributed by atoms with Gasteiger partial charge in [-0.3, -0.25) is 0 Å². The smallest absolute Gasteiger partial charge is 0.195 e. The van der Waals surface area contributed by atoms with Crippen molar-refractivity contribution >= 4 is 49.3 Å². The standard InChI is InChI=1S/C44H26N4/c1-46-40-24-23-30(47-41-19-9-5-15-32(41)33-16-6-10-20-42(33)47)25-38(40)37-27-31(26-36(39(37)28-45)29-13-3-2-4-14-29)48-43-21-11-7-17-34(43)35-18-8-12-22-44(35)48/h2-27H. The van der Waals surface area contributed by atoms with E-state index < -0.39 is 0 Å². The minimum Gasteiger partial charge on any atom is -0.309 e. The normalized spacial score (nSPS) is 11.3. The van der Waals surface area contributed by atoms with Crippen molar-refractivity contribution in [2.45, 2.75) is 0 Å². The number of fused-ring (bicyclic) bond motifs is 6. The van der Waals surface area contributed by atoms with Gasteiger partial charge in [-0.1, -0.05) is 109 Å². The molecule has 9 rings (SSSR count). The maximum Gasteiger partial charge on any atom is 0.195 e. The summed E-state index contributed by atoms with van der Waals surface area (Å²) in [6, 6.07) is 56.5. The zero-order valence-corrected chi connectivity index (χ0v) is 25.8. The first-order valence-electron chi connectivity index (χ1n) is 15.9. The van der Waals surface area contributed by atoms with Crippen LogP contribution in [-0.4, -0.2) is 9.13 Å². The van der Waals surface area contributed by atoms with Gasteiger partial charge in [-0.2, -0.15) is 5.26 Å². The molecule has 2 heterocycles. The molecule has 0 fully saturated rings. The van der Waals surface area contributed by atoms with Crippen molar-refractivity contribution in [3.63, 3.8) is 0 Å². The quantitative estimate of drug-likeness (QED) is 0.183. The lowest BCUT2D eigenvalue weighted by Gasteiger charge is -2.18. The van der Waals surface area contributed by atoms with Crippen LogP contribution in [0.4, 0.5) is 5.69 Å². The topological polar surface area (TPSA) is 38.0 Å². The summed E-state index contributed by atoms with van der Waals surface area (Å²) in [4.78, 5) is 3.99. The van der Waals surface area contributed by atoms with E-state index in [1.807, 2.05) is 42.5 Å². The van der Waals surface area contributed by atoms with Gasteiger partial charge < -0.3 is 9.13 Å². The van der Waals surface area contributed by atoms with Crippen molar-refractivity contribution in [2.75, 3.05) is 0 Å². The number of benzene rings is 7. The molecule has 9 aromatic rings. The highest BCUT2D eigenvalue weighted by Crippen LogP contribution is 2.43. The third kappa shape index (κ3) is 4.07. The minimum absolute atomic E-state index is 0.495. The molecule has 0 N–H and O–H groups in total. The highest BCUT2D eigenvalue weighted by atomic mass is 15.0. The minimum atomic E-state index is 0.495. The van der Waals surface area contributed by atoms with Gasteiger partial charge in [0.1, 0.15) is 6.07 Å². The SMILES string of the molecule is [C-]#[N+]c1ccc(-n2c3ccccc3c3ccccc32)cc1-c1cc(-n2c3ccccc3c3ccccc32)cc(-c2ccccc2)c1C#N. The second-order valence-electron chi connectivity index (χ2n) is 11.9. The zero-order chi connectivity index (χ0) is 32.2. The summed E-state index contributed by atoms with van der Waals surface area (Å²) in [5.41, 5.74) is 10.5. The Morgan fingerprint density at radius 2 is 0.896 bits per heavy atom.